The van der Waals surface area contributed by atoms with Gasteiger partial charge in [-0.2, -0.15) is 0 Å². The fourth-order valence-electron chi connectivity index (χ4n) is 4.60. The van der Waals surface area contributed by atoms with Gasteiger partial charge in [-0.15, -0.1) is 0 Å². The lowest BCUT2D eigenvalue weighted by Gasteiger charge is -2.32. The van der Waals surface area contributed by atoms with Gasteiger partial charge >= 0.3 is 0 Å². The fourth-order valence-corrected chi connectivity index (χ4v) is 4.60. The van der Waals surface area contributed by atoms with Gasteiger partial charge in [0.05, 0.1) is 22.9 Å². The number of nitrogens with zero attached hydrogens (tertiary/aromatic N) is 4. The van der Waals surface area contributed by atoms with Crippen LogP contribution in [0.3, 0.4) is 0 Å². The number of benzene rings is 1. The second-order valence-electron chi connectivity index (χ2n) is 8.74. The zero-order valence-corrected chi connectivity index (χ0v) is 18.4. The highest BCUT2D eigenvalue weighted by atomic mass is 19.1. The molecule has 33 heavy (non-hydrogen) atoms. The largest absolute Gasteiger partial charge is 0.310 e. The molecule has 2 N–H and O–H groups in total. The molecule has 8 nitrogen and oxygen atoms in total. The number of carbonyl (C=O) groups excluding carboxylic acids is 1. The monoisotopic (exact) mass is 450 g/mol. The summed E-state index contributed by atoms with van der Waals surface area (Å²) in [5.74, 6) is 0.352. The fraction of sp³-hybridized carbons (Fsp3) is 0.417. The van der Waals surface area contributed by atoms with Crippen LogP contribution in [0.2, 0.25) is 0 Å². The topological polar surface area (TPSA) is 92.2 Å². The second-order valence-corrected chi connectivity index (χ2v) is 8.74. The minimum atomic E-state index is -0.369. The van der Waals surface area contributed by atoms with Gasteiger partial charge in [-0.05, 0) is 62.2 Å². The molecule has 0 atom stereocenters. The van der Waals surface area contributed by atoms with Crippen molar-refractivity contribution in [3.05, 3.63) is 64.0 Å². The zero-order chi connectivity index (χ0) is 22.8. The molecule has 1 amide bonds. The van der Waals surface area contributed by atoms with Crippen molar-refractivity contribution in [3.63, 3.8) is 0 Å². The predicted octanol–water partition coefficient (Wildman–Crippen LogP) is 2.07. The van der Waals surface area contributed by atoms with Crippen molar-refractivity contribution in [2.75, 3.05) is 25.0 Å². The summed E-state index contributed by atoms with van der Waals surface area (Å²) in [6.07, 6.45) is 4.58. The summed E-state index contributed by atoms with van der Waals surface area (Å²) in [5, 5.41) is 6.44. The molecule has 2 aliphatic heterocycles. The van der Waals surface area contributed by atoms with E-state index in [1.165, 1.54) is 18.3 Å². The van der Waals surface area contributed by atoms with Crippen LogP contribution in [0, 0.1) is 5.82 Å². The lowest BCUT2D eigenvalue weighted by Crippen LogP contribution is -2.43. The summed E-state index contributed by atoms with van der Waals surface area (Å²) in [6, 6.07) is 8.81. The molecule has 9 heteroatoms. The molecule has 0 saturated carbocycles. The summed E-state index contributed by atoms with van der Waals surface area (Å²) in [6.45, 7) is 3.76. The zero-order valence-electron chi connectivity index (χ0n) is 18.4. The maximum Gasteiger partial charge on any atom is 0.269 e. The first-order valence-electron chi connectivity index (χ1n) is 11.4. The Balaban J connectivity index is 1.13. The van der Waals surface area contributed by atoms with Crippen molar-refractivity contribution in [2.45, 2.75) is 44.8 Å². The molecule has 2 aliphatic rings. The summed E-state index contributed by atoms with van der Waals surface area (Å²) >= 11 is 0. The SMILES string of the molecule is O=C1CCc2ccc(CNC3CCN(CCn4c(=O)cnc5ccc(F)cc54)CC3)nc2N1. The van der Waals surface area contributed by atoms with Crippen molar-refractivity contribution in [2.24, 2.45) is 0 Å². The third kappa shape index (κ3) is 4.94. The van der Waals surface area contributed by atoms with Gasteiger partial charge in [0.1, 0.15) is 11.6 Å². The van der Waals surface area contributed by atoms with Crippen LogP contribution >= 0.6 is 0 Å². The van der Waals surface area contributed by atoms with E-state index in [1.54, 1.807) is 10.6 Å². The highest BCUT2D eigenvalue weighted by Gasteiger charge is 2.20. The molecule has 0 unspecified atom stereocenters. The van der Waals surface area contributed by atoms with Gasteiger partial charge in [-0.25, -0.2) is 14.4 Å². The Labute approximate surface area is 190 Å². The second kappa shape index (κ2) is 9.36. The number of hydrogen-bond acceptors (Lipinski definition) is 6. The van der Waals surface area contributed by atoms with Crippen molar-refractivity contribution < 1.29 is 9.18 Å². The van der Waals surface area contributed by atoms with E-state index in [9.17, 15) is 14.0 Å². The molecule has 0 aliphatic carbocycles. The van der Waals surface area contributed by atoms with Gasteiger partial charge in [-0.1, -0.05) is 6.07 Å². The van der Waals surface area contributed by atoms with Gasteiger partial charge in [0.15, 0.2) is 0 Å². The van der Waals surface area contributed by atoms with E-state index in [2.05, 4.69) is 31.6 Å². The summed E-state index contributed by atoms with van der Waals surface area (Å²) in [7, 11) is 0. The van der Waals surface area contributed by atoms with E-state index in [1.807, 2.05) is 6.07 Å². The Morgan fingerprint density at radius 3 is 2.79 bits per heavy atom. The van der Waals surface area contributed by atoms with E-state index in [0.717, 1.165) is 50.2 Å². The summed E-state index contributed by atoms with van der Waals surface area (Å²) < 4.78 is 15.3. The molecule has 0 radical (unpaired) electrons. The van der Waals surface area contributed by atoms with Crippen LogP contribution in [-0.2, 0) is 24.3 Å². The Hall–Kier alpha value is -3.17. The number of aromatic nitrogens is 3. The smallest absolute Gasteiger partial charge is 0.269 e. The third-order valence-electron chi connectivity index (χ3n) is 6.52. The van der Waals surface area contributed by atoms with E-state index in [-0.39, 0.29) is 17.3 Å². The predicted molar refractivity (Wildman–Crippen MR) is 123 cm³/mol. The van der Waals surface area contributed by atoms with Crippen molar-refractivity contribution in [3.8, 4) is 0 Å². The Kier molecular flexibility index (Phi) is 6.15. The number of aryl methyl sites for hydroxylation is 1. The van der Waals surface area contributed by atoms with Crippen LogP contribution in [0.4, 0.5) is 10.2 Å². The number of hydrogen-bond donors (Lipinski definition) is 2. The van der Waals surface area contributed by atoms with Gasteiger partial charge in [0, 0.05) is 32.1 Å². The number of fused-ring (bicyclic) bond motifs is 2. The van der Waals surface area contributed by atoms with Gasteiger partial charge in [-0.3, -0.25) is 9.59 Å². The molecule has 0 bridgehead atoms. The molecule has 4 heterocycles. The third-order valence-corrected chi connectivity index (χ3v) is 6.52. The Morgan fingerprint density at radius 2 is 1.94 bits per heavy atom. The van der Waals surface area contributed by atoms with Crippen LogP contribution < -0.4 is 16.2 Å². The van der Waals surface area contributed by atoms with Crippen molar-refractivity contribution >= 4 is 22.8 Å². The molecule has 1 fully saturated rings. The maximum atomic E-state index is 13.7. The van der Waals surface area contributed by atoms with Crippen LogP contribution in [0.1, 0.15) is 30.5 Å². The molecule has 5 rings (SSSR count). The molecule has 2 aromatic heterocycles. The van der Waals surface area contributed by atoms with Gasteiger partial charge in [0.25, 0.3) is 5.56 Å². The number of pyridine rings is 1. The molecule has 3 aromatic rings. The maximum absolute atomic E-state index is 13.7. The average molecular weight is 451 g/mol. The summed E-state index contributed by atoms with van der Waals surface area (Å²) in [4.78, 5) is 35.0. The highest BCUT2D eigenvalue weighted by molar-refractivity contribution is 5.92. The van der Waals surface area contributed by atoms with Crippen LogP contribution in [-0.4, -0.2) is 51.0 Å². The van der Waals surface area contributed by atoms with Gasteiger partial charge < -0.3 is 20.1 Å². The number of piperidine rings is 1. The minimum Gasteiger partial charge on any atom is -0.310 e. The summed E-state index contributed by atoms with van der Waals surface area (Å²) in [5.41, 5.74) is 2.96. The van der Waals surface area contributed by atoms with E-state index >= 15 is 0 Å². The highest BCUT2D eigenvalue weighted by Crippen LogP contribution is 2.21. The first-order chi connectivity index (χ1) is 16.0. The van der Waals surface area contributed by atoms with Crippen molar-refractivity contribution in [1.29, 1.82) is 0 Å². The molecule has 1 aromatic carbocycles. The molecular weight excluding hydrogens is 423 g/mol. The van der Waals surface area contributed by atoms with Crippen molar-refractivity contribution in [1.82, 2.24) is 24.8 Å². The minimum absolute atomic E-state index is 0.0274. The van der Waals surface area contributed by atoms with Gasteiger partial charge in [0.2, 0.25) is 5.91 Å². The molecule has 0 spiro atoms. The molecular formula is C24H27FN6O2. The number of carbonyl (C=O) groups is 1. The number of amides is 1. The van der Waals surface area contributed by atoms with E-state index < -0.39 is 0 Å². The van der Waals surface area contributed by atoms with E-state index in [4.69, 9.17) is 0 Å². The van der Waals surface area contributed by atoms with Crippen LogP contribution in [0.5, 0.6) is 0 Å². The first-order valence-corrected chi connectivity index (χ1v) is 11.4. The lowest BCUT2D eigenvalue weighted by atomic mass is 10.0. The molecule has 1 saturated heterocycles. The first kappa shape index (κ1) is 21.7. The number of nitrogens with one attached hydrogen (secondary N) is 2. The van der Waals surface area contributed by atoms with Crippen LogP contribution in [0.15, 0.2) is 41.3 Å². The molecule has 172 valence electrons. The number of anilines is 1. The number of rotatable bonds is 6. The van der Waals surface area contributed by atoms with Crippen LogP contribution in [0.25, 0.3) is 11.0 Å². The number of halogens is 1. The lowest BCUT2D eigenvalue weighted by molar-refractivity contribution is -0.116. The van der Waals surface area contributed by atoms with E-state index in [0.29, 0.717) is 42.4 Å². The standard InChI is InChI=1S/C24H27FN6O2/c25-17-3-5-20-21(13-17)31(23(33)15-27-20)12-11-30-9-7-18(8-10-30)26-14-19-4-1-16-2-6-22(32)29-24(16)28-19/h1,3-5,13,15,18,26H,2,6-12,14H2,(H,28,29,32). The Bertz CT molecular complexity index is 1240. The quantitative estimate of drug-likeness (QED) is 0.598. The average Bonchev–Trinajstić information content (AvgIpc) is 2.82. The Morgan fingerprint density at radius 1 is 1.09 bits per heavy atom. The normalized spacial score (nSPS) is 17.2. The number of likely N-dealkylation sites (tertiary alicyclic amines) is 1.